The monoisotopic (exact) mass is 477 g/mol. The summed E-state index contributed by atoms with van der Waals surface area (Å²) in [7, 11) is 0. The number of aliphatic carboxylic acids is 1. The van der Waals surface area contributed by atoms with Gasteiger partial charge < -0.3 is 20.2 Å². The molecule has 5 fully saturated rings. The lowest BCUT2D eigenvalue weighted by Crippen LogP contribution is -2.60. The number of hydrogen-bond donors (Lipinski definition) is 2. The summed E-state index contributed by atoms with van der Waals surface area (Å²) in [6.45, 7) is 2.37. The number of carbonyl (C=O) groups excluding carboxylic acids is 2. The van der Waals surface area contributed by atoms with Gasteiger partial charge in [0.25, 0.3) is 0 Å². The van der Waals surface area contributed by atoms with Crippen molar-refractivity contribution in [1.82, 2.24) is 15.1 Å². The van der Waals surface area contributed by atoms with Crippen LogP contribution < -0.4 is 5.32 Å². The van der Waals surface area contributed by atoms with Crippen LogP contribution in [0, 0.1) is 23.7 Å². The third kappa shape index (κ3) is 4.13. The third-order valence-electron chi connectivity index (χ3n) is 9.65. The molecule has 2 heterocycles. The van der Waals surface area contributed by atoms with E-state index in [0.717, 1.165) is 42.4 Å². The lowest BCUT2D eigenvalue weighted by atomic mass is 9.54. The molecule has 7 heteroatoms. The molecule has 4 saturated carbocycles. The maximum atomic E-state index is 13.3. The van der Waals surface area contributed by atoms with Crippen molar-refractivity contribution in [2.24, 2.45) is 23.7 Å². The second-order valence-electron chi connectivity index (χ2n) is 11.7. The molecule has 35 heavy (non-hydrogen) atoms. The first-order valence-corrected chi connectivity index (χ1v) is 13.2. The summed E-state index contributed by atoms with van der Waals surface area (Å²) in [5.74, 6) is 1.71. The van der Waals surface area contributed by atoms with Crippen LogP contribution in [0.25, 0.3) is 0 Å². The molecule has 1 aromatic rings. The number of amides is 3. The molecule has 1 saturated heterocycles. The van der Waals surface area contributed by atoms with Crippen LogP contribution in [-0.2, 0) is 21.5 Å². The molecule has 186 valence electrons. The molecule has 4 aliphatic carbocycles. The van der Waals surface area contributed by atoms with Crippen LogP contribution in [0.4, 0.5) is 4.79 Å². The van der Waals surface area contributed by atoms with Gasteiger partial charge in [0.1, 0.15) is 0 Å². The summed E-state index contributed by atoms with van der Waals surface area (Å²) in [5.41, 5.74) is 2.18. The summed E-state index contributed by atoms with van der Waals surface area (Å²) in [4.78, 5) is 40.7. The number of carbonyl (C=O) groups is 3. The predicted molar refractivity (Wildman–Crippen MR) is 130 cm³/mol. The Morgan fingerprint density at radius 2 is 1.57 bits per heavy atom. The highest BCUT2D eigenvalue weighted by Crippen LogP contribution is 2.53. The van der Waals surface area contributed by atoms with Gasteiger partial charge >= 0.3 is 12.0 Å². The Bertz CT molecular complexity index is 1030. The van der Waals surface area contributed by atoms with Crippen molar-refractivity contribution in [3.63, 3.8) is 0 Å². The minimum absolute atomic E-state index is 0.0822. The molecule has 0 radical (unpaired) electrons. The molecule has 0 atom stereocenters. The van der Waals surface area contributed by atoms with Crippen molar-refractivity contribution in [3.05, 3.63) is 47.5 Å². The van der Waals surface area contributed by atoms with Crippen LogP contribution >= 0.6 is 0 Å². The number of nitrogens with zero attached hydrogens (tertiary/aromatic N) is 2. The minimum atomic E-state index is -1.12. The standard InChI is InChI=1S/C28H35N3O4/c32-24(5-6-25(33)34)31-16-20-3-1-2-4-23(20)28(17-31)7-9-30(10-8-28)27(35)29-26-21-12-18-11-19(14-21)15-22(26)13-18/h1-6,18-19,21-22,26H,7-17H2,(H,29,35)(H,33,34). The molecule has 2 N–H and O–H groups in total. The van der Waals surface area contributed by atoms with Crippen LogP contribution in [0.5, 0.6) is 0 Å². The average molecular weight is 478 g/mol. The Kier molecular flexibility index (Phi) is 5.61. The number of carboxylic acids is 1. The Hall–Kier alpha value is -2.83. The average Bonchev–Trinajstić information content (AvgIpc) is 2.84. The topological polar surface area (TPSA) is 90.0 Å². The van der Waals surface area contributed by atoms with E-state index in [4.69, 9.17) is 5.11 Å². The van der Waals surface area contributed by atoms with Crippen molar-refractivity contribution < 1.29 is 19.5 Å². The fourth-order valence-electron chi connectivity index (χ4n) is 8.25. The number of piperidine rings is 1. The Morgan fingerprint density at radius 3 is 2.23 bits per heavy atom. The largest absolute Gasteiger partial charge is 0.478 e. The Morgan fingerprint density at radius 1 is 0.914 bits per heavy atom. The number of carboxylic acid groups (broad SMARTS) is 1. The van der Waals surface area contributed by atoms with E-state index in [1.54, 1.807) is 4.90 Å². The molecule has 0 aromatic heterocycles. The third-order valence-corrected chi connectivity index (χ3v) is 9.65. The van der Waals surface area contributed by atoms with Crippen LogP contribution in [0.15, 0.2) is 36.4 Å². The second-order valence-corrected chi connectivity index (χ2v) is 11.7. The lowest BCUT2D eigenvalue weighted by molar-refractivity contribution is -0.132. The molecule has 4 bridgehead atoms. The molecule has 2 aliphatic heterocycles. The zero-order chi connectivity index (χ0) is 24.2. The fraction of sp³-hybridized carbons (Fsp3) is 0.607. The Balaban J connectivity index is 1.14. The summed E-state index contributed by atoms with van der Waals surface area (Å²) < 4.78 is 0. The number of benzene rings is 1. The fourth-order valence-corrected chi connectivity index (χ4v) is 8.25. The smallest absolute Gasteiger partial charge is 0.328 e. The first-order chi connectivity index (χ1) is 16.9. The van der Waals surface area contributed by atoms with Gasteiger partial charge in [-0.1, -0.05) is 24.3 Å². The SMILES string of the molecule is O=C(O)C=CC(=O)N1Cc2ccccc2C2(CCN(C(=O)NC3C4CC5CC(C4)CC3C5)CC2)C1. The summed E-state index contributed by atoms with van der Waals surface area (Å²) >= 11 is 0. The number of fused-ring (bicyclic) bond motifs is 2. The van der Waals surface area contributed by atoms with E-state index in [0.29, 0.717) is 44.1 Å². The van der Waals surface area contributed by atoms with Gasteiger partial charge in [0.05, 0.1) is 0 Å². The molecular formula is C28H35N3O4. The number of rotatable bonds is 3. The maximum absolute atomic E-state index is 13.3. The van der Waals surface area contributed by atoms with Crippen LogP contribution in [0.3, 0.4) is 0 Å². The van der Waals surface area contributed by atoms with E-state index >= 15 is 0 Å². The van der Waals surface area contributed by atoms with Gasteiger partial charge in [-0.2, -0.15) is 0 Å². The quantitative estimate of drug-likeness (QED) is 0.652. The number of urea groups is 1. The number of likely N-dealkylation sites (tertiary alicyclic amines) is 1. The molecule has 7 rings (SSSR count). The van der Waals surface area contributed by atoms with E-state index in [9.17, 15) is 14.4 Å². The van der Waals surface area contributed by atoms with Gasteiger partial charge in [0.15, 0.2) is 0 Å². The van der Waals surface area contributed by atoms with Gasteiger partial charge in [-0.05, 0) is 79.7 Å². The summed E-state index contributed by atoms with van der Waals surface area (Å²) in [6.07, 6.45) is 10.2. The molecule has 0 unspecified atom stereocenters. The van der Waals surface area contributed by atoms with Crippen molar-refractivity contribution in [1.29, 1.82) is 0 Å². The Labute approximate surface area is 206 Å². The van der Waals surface area contributed by atoms with Gasteiger partial charge in [0, 0.05) is 49.8 Å². The zero-order valence-electron chi connectivity index (χ0n) is 20.2. The number of hydrogen-bond acceptors (Lipinski definition) is 3. The summed E-state index contributed by atoms with van der Waals surface area (Å²) in [6, 6.07) is 8.68. The van der Waals surface area contributed by atoms with E-state index in [-0.39, 0.29) is 17.4 Å². The van der Waals surface area contributed by atoms with Crippen molar-refractivity contribution >= 4 is 17.9 Å². The van der Waals surface area contributed by atoms with Crippen LogP contribution in [0.2, 0.25) is 0 Å². The first-order valence-electron chi connectivity index (χ1n) is 13.2. The predicted octanol–water partition coefficient (Wildman–Crippen LogP) is 3.54. The molecular weight excluding hydrogens is 442 g/mol. The highest BCUT2D eigenvalue weighted by atomic mass is 16.4. The van der Waals surface area contributed by atoms with Crippen LogP contribution in [-0.4, -0.2) is 58.5 Å². The zero-order valence-corrected chi connectivity index (χ0v) is 20.2. The van der Waals surface area contributed by atoms with E-state index < -0.39 is 5.97 Å². The molecule has 1 aromatic carbocycles. The number of nitrogens with one attached hydrogen (secondary N) is 1. The van der Waals surface area contributed by atoms with Crippen molar-refractivity contribution in [2.45, 2.75) is 62.9 Å². The van der Waals surface area contributed by atoms with Crippen LogP contribution in [0.1, 0.15) is 56.1 Å². The van der Waals surface area contributed by atoms with E-state index in [2.05, 4.69) is 17.4 Å². The highest BCUT2D eigenvalue weighted by Gasteiger charge is 2.49. The van der Waals surface area contributed by atoms with Gasteiger partial charge in [0.2, 0.25) is 5.91 Å². The van der Waals surface area contributed by atoms with Crippen molar-refractivity contribution in [2.75, 3.05) is 19.6 Å². The van der Waals surface area contributed by atoms with Gasteiger partial charge in [-0.15, -0.1) is 0 Å². The molecule has 6 aliphatic rings. The van der Waals surface area contributed by atoms with Crippen molar-refractivity contribution in [3.8, 4) is 0 Å². The summed E-state index contributed by atoms with van der Waals surface area (Å²) in [5, 5.41) is 12.4. The van der Waals surface area contributed by atoms with E-state index in [1.807, 2.05) is 17.0 Å². The van der Waals surface area contributed by atoms with E-state index in [1.165, 1.54) is 37.7 Å². The first kappa shape index (κ1) is 22.6. The normalized spacial score (nSPS) is 32.6. The lowest BCUT2D eigenvalue weighted by Gasteiger charge is -2.55. The van der Waals surface area contributed by atoms with Gasteiger partial charge in [-0.3, -0.25) is 4.79 Å². The molecule has 3 amide bonds. The molecule has 1 spiro atoms. The minimum Gasteiger partial charge on any atom is -0.478 e. The van der Waals surface area contributed by atoms with Gasteiger partial charge in [-0.25, -0.2) is 9.59 Å². The second kappa shape index (κ2) is 8.68. The highest BCUT2D eigenvalue weighted by molar-refractivity contribution is 5.94. The molecule has 7 nitrogen and oxygen atoms in total. The maximum Gasteiger partial charge on any atom is 0.328 e.